The van der Waals surface area contributed by atoms with Crippen LogP contribution in [0.25, 0.3) is 0 Å². The van der Waals surface area contributed by atoms with Crippen molar-refractivity contribution in [2.45, 2.75) is 38.6 Å². The topological polar surface area (TPSA) is 86.3 Å². The summed E-state index contributed by atoms with van der Waals surface area (Å²) < 4.78 is 12.6. The number of rotatable bonds is 2. The predicted molar refractivity (Wildman–Crippen MR) is 83.7 cm³/mol. The van der Waals surface area contributed by atoms with E-state index in [1.807, 2.05) is 4.68 Å². The summed E-state index contributed by atoms with van der Waals surface area (Å²) in [7, 11) is 0. The minimum Gasteiger partial charge on any atom is -0.438 e. The number of hydrogen-bond donors (Lipinski definition) is 0. The minimum atomic E-state index is -0.111. The fourth-order valence-electron chi connectivity index (χ4n) is 3.30. The zero-order valence-corrected chi connectivity index (χ0v) is 13.8. The third-order valence-corrected chi connectivity index (χ3v) is 4.77. The molecule has 24 heavy (non-hydrogen) atoms. The molecule has 0 saturated carbocycles. The van der Waals surface area contributed by atoms with Gasteiger partial charge in [-0.3, -0.25) is 4.79 Å². The maximum absolute atomic E-state index is 12.5. The van der Waals surface area contributed by atoms with Crippen LogP contribution in [0.1, 0.15) is 46.7 Å². The quantitative estimate of drug-likeness (QED) is 0.821. The summed E-state index contributed by atoms with van der Waals surface area (Å²) in [5, 5.41) is 4.68. The van der Waals surface area contributed by atoms with Gasteiger partial charge in [0.1, 0.15) is 5.82 Å². The van der Waals surface area contributed by atoms with E-state index < -0.39 is 0 Å². The van der Waals surface area contributed by atoms with Crippen LogP contribution in [-0.4, -0.2) is 56.9 Å². The first-order valence-corrected chi connectivity index (χ1v) is 8.43. The lowest BCUT2D eigenvalue weighted by Crippen LogP contribution is -2.34. The molecule has 4 rings (SSSR count). The predicted octanol–water partition coefficient (Wildman–Crippen LogP) is 1.17. The zero-order chi connectivity index (χ0) is 16.5. The Morgan fingerprint density at radius 1 is 1.25 bits per heavy atom. The molecule has 2 aromatic heterocycles. The smallest absolute Gasteiger partial charge is 0.291 e. The summed E-state index contributed by atoms with van der Waals surface area (Å²) in [5.41, 5.74) is 0.627. The molecule has 128 valence electrons. The number of oxazole rings is 1. The number of hydrogen-bond acceptors (Lipinski definition) is 6. The zero-order valence-electron chi connectivity index (χ0n) is 13.8. The van der Waals surface area contributed by atoms with Crippen LogP contribution in [0.2, 0.25) is 0 Å². The minimum absolute atomic E-state index is 0.111. The first-order chi connectivity index (χ1) is 11.7. The molecule has 1 amide bonds. The first-order valence-electron chi connectivity index (χ1n) is 8.43. The second-order valence-corrected chi connectivity index (χ2v) is 6.31. The van der Waals surface area contributed by atoms with Crippen LogP contribution in [0.3, 0.4) is 0 Å². The lowest BCUT2D eigenvalue weighted by atomic mass is 10.00. The van der Waals surface area contributed by atoms with E-state index in [9.17, 15) is 4.79 Å². The van der Waals surface area contributed by atoms with Gasteiger partial charge in [-0.1, -0.05) is 0 Å². The van der Waals surface area contributed by atoms with Gasteiger partial charge in [0.05, 0.1) is 12.2 Å². The average Bonchev–Trinajstić information content (AvgIpc) is 3.17. The van der Waals surface area contributed by atoms with E-state index >= 15 is 0 Å². The summed E-state index contributed by atoms with van der Waals surface area (Å²) in [5.74, 6) is 2.50. The van der Waals surface area contributed by atoms with Crippen LogP contribution >= 0.6 is 0 Å². The van der Waals surface area contributed by atoms with Crippen LogP contribution in [0, 0.1) is 6.92 Å². The number of aromatic nitrogens is 4. The van der Waals surface area contributed by atoms with Gasteiger partial charge in [-0.25, -0.2) is 14.6 Å². The van der Waals surface area contributed by atoms with Crippen LogP contribution in [0.5, 0.6) is 0 Å². The second kappa shape index (κ2) is 6.35. The number of fused-ring (bicyclic) bond motifs is 1. The van der Waals surface area contributed by atoms with E-state index in [1.54, 1.807) is 11.8 Å². The van der Waals surface area contributed by atoms with Crippen molar-refractivity contribution in [2.24, 2.45) is 0 Å². The molecule has 0 unspecified atom stereocenters. The molecule has 0 aliphatic carbocycles. The van der Waals surface area contributed by atoms with Gasteiger partial charge in [-0.2, -0.15) is 5.10 Å². The SMILES string of the molecule is Cc1ncoc1C(=O)N1CCc2nc(C3CCOCC3)nn2CC1. The number of carbonyl (C=O) groups is 1. The standard InChI is InChI=1S/C16H21N5O3/c1-11-14(24-10-17-11)16(22)20-5-2-13-18-15(19-21(13)7-6-20)12-3-8-23-9-4-12/h10,12H,2-9H2,1H3. The van der Waals surface area contributed by atoms with E-state index in [2.05, 4.69) is 10.1 Å². The van der Waals surface area contributed by atoms with Crippen molar-refractivity contribution in [1.29, 1.82) is 0 Å². The molecular weight excluding hydrogens is 310 g/mol. The van der Waals surface area contributed by atoms with Gasteiger partial charge in [0.2, 0.25) is 5.76 Å². The highest BCUT2D eigenvalue weighted by molar-refractivity contribution is 5.92. The van der Waals surface area contributed by atoms with Crippen molar-refractivity contribution in [1.82, 2.24) is 24.6 Å². The molecular formula is C16H21N5O3. The first kappa shape index (κ1) is 15.3. The third kappa shape index (κ3) is 2.82. The Bertz CT molecular complexity index is 706. The molecule has 8 nitrogen and oxygen atoms in total. The van der Waals surface area contributed by atoms with Crippen molar-refractivity contribution < 1.29 is 13.9 Å². The van der Waals surface area contributed by atoms with Gasteiger partial charge in [0, 0.05) is 38.6 Å². The van der Waals surface area contributed by atoms with Gasteiger partial charge in [0.25, 0.3) is 5.91 Å². The Hall–Kier alpha value is -2.22. The Balaban J connectivity index is 1.46. The number of amides is 1. The molecule has 2 aliphatic rings. The summed E-state index contributed by atoms with van der Waals surface area (Å²) in [6.45, 7) is 5.22. The maximum atomic E-state index is 12.5. The van der Waals surface area contributed by atoms with Crippen molar-refractivity contribution in [3.8, 4) is 0 Å². The van der Waals surface area contributed by atoms with Gasteiger partial charge in [-0.05, 0) is 19.8 Å². The largest absolute Gasteiger partial charge is 0.438 e. The molecule has 4 heterocycles. The normalized spacial score (nSPS) is 19.1. The van der Waals surface area contributed by atoms with E-state index in [0.717, 1.165) is 37.7 Å². The van der Waals surface area contributed by atoms with Crippen LogP contribution in [-0.2, 0) is 17.7 Å². The molecule has 0 bridgehead atoms. The number of nitrogens with zero attached hydrogens (tertiary/aromatic N) is 5. The number of ether oxygens (including phenoxy) is 1. The number of aryl methyl sites for hydroxylation is 1. The Labute approximate surface area is 139 Å². The molecule has 0 radical (unpaired) electrons. The van der Waals surface area contributed by atoms with E-state index in [-0.39, 0.29) is 5.91 Å². The monoisotopic (exact) mass is 331 g/mol. The van der Waals surface area contributed by atoms with Crippen molar-refractivity contribution >= 4 is 5.91 Å². The highest BCUT2D eigenvalue weighted by Crippen LogP contribution is 2.25. The van der Waals surface area contributed by atoms with E-state index in [0.29, 0.717) is 43.4 Å². The second-order valence-electron chi connectivity index (χ2n) is 6.31. The summed E-state index contributed by atoms with van der Waals surface area (Å²) in [4.78, 5) is 23.1. The summed E-state index contributed by atoms with van der Waals surface area (Å²) in [6, 6.07) is 0. The molecule has 1 fully saturated rings. The van der Waals surface area contributed by atoms with Gasteiger partial charge >= 0.3 is 0 Å². The molecule has 2 aliphatic heterocycles. The van der Waals surface area contributed by atoms with Crippen molar-refractivity contribution in [3.05, 3.63) is 29.5 Å². The fraction of sp³-hybridized carbons (Fsp3) is 0.625. The van der Waals surface area contributed by atoms with E-state index in [4.69, 9.17) is 14.1 Å². The summed E-state index contributed by atoms with van der Waals surface area (Å²) in [6.07, 6.45) is 3.99. The molecule has 0 spiro atoms. The van der Waals surface area contributed by atoms with Crippen LogP contribution < -0.4 is 0 Å². The maximum Gasteiger partial charge on any atom is 0.291 e. The Morgan fingerprint density at radius 2 is 2.08 bits per heavy atom. The van der Waals surface area contributed by atoms with Gasteiger partial charge < -0.3 is 14.1 Å². The molecule has 0 atom stereocenters. The summed E-state index contributed by atoms with van der Waals surface area (Å²) >= 11 is 0. The van der Waals surface area contributed by atoms with Crippen LogP contribution in [0.4, 0.5) is 0 Å². The average molecular weight is 331 g/mol. The fourth-order valence-corrected chi connectivity index (χ4v) is 3.30. The Morgan fingerprint density at radius 3 is 2.83 bits per heavy atom. The van der Waals surface area contributed by atoms with Gasteiger partial charge in [0.15, 0.2) is 12.2 Å². The lowest BCUT2D eigenvalue weighted by molar-refractivity contribution is 0.0724. The highest BCUT2D eigenvalue weighted by atomic mass is 16.5. The lowest BCUT2D eigenvalue weighted by Gasteiger charge is -2.20. The van der Waals surface area contributed by atoms with Crippen LogP contribution in [0.15, 0.2) is 10.8 Å². The Kier molecular flexibility index (Phi) is 4.05. The molecule has 1 saturated heterocycles. The van der Waals surface area contributed by atoms with Crippen molar-refractivity contribution in [3.63, 3.8) is 0 Å². The molecule has 2 aromatic rings. The van der Waals surface area contributed by atoms with Gasteiger partial charge in [-0.15, -0.1) is 0 Å². The highest BCUT2D eigenvalue weighted by Gasteiger charge is 2.27. The molecule has 8 heteroatoms. The van der Waals surface area contributed by atoms with E-state index in [1.165, 1.54) is 6.39 Å². The van der Waals surface area contributed by atoms with Crippen molar-refractivity contribution in [2.75, 3.05) is 26.3 Å². The third-order valence-electron chi connectivity index (χ3n) is 4.77. The molecule has 0 N–H and O–H groups in total. The number of carbonyl (C=O) groups excluding carboxylic acids is 1. The molecule has 0 aromatic carbocycles.